The third-order valence-corrected chi connectivity index (χ3v) is 3.69. The van der Waals surface area contributed by atoms with Gasteiger partial charge in [-0.15, -0.1) is 0 Å². The van der Waals surface area contributed by atoms with Crippen LogP contribution in [-0.2, 0) is 4.74 Å². The van der Waals surface area contributed by atoms with E-state index in [1.165, 1.54) is 6.20 Å². The van der Waals surface area contributed by atoms with E-state index in [1.54, 1.807) is 30.3 Å². The van der Waals surface area contributed by atoms with E-state index in [0.29, 0.717) is 23.2 Å². The minimum atomic E-state index is -0.499. The maximum absolute atomic E-state index is 12.3. The predicted octanol–water partition coefficient (Wildman–Crippen LogP) is 4.32. The largest absolute Gasteiger partial charge is 0.462 e. The fraction of sp³-hybridized carbons (Fsp3) is 0.188. The van der Waals surface area contributed by atoms with Gasteiger partial charge >= 0.3 is 5.97 Å². The molecule has 0 atom stereocenters. The Morgan fingerprint density at radius 3 is 2.78 bits per heavy atom. The van der Waals surface area contributed by atoms with Crippen molar-refractivity contribution in [3.05, 3.63) is 57.3 Å². The van der Waals surface area contributed by atoms with Crippen molar-refractivity contribution >= 4 is 45.1 Å². The summed E-state index contributed by atoms with van der Waals surface area (Å²) in [5.74, 6) is -0.948. The monoisotopic (exact) mass is 396 g/mol. The van der Waals surface area contributed by atoms with Crippen LogP contribution in [0.4, 0.5) is 5.69 Å². The average molecular weight is 398 g/mol. The van der Waals surface area contributed by atoms with Crippen molar-refractivity contribution in [1.82, 2.24) is 4.98 Å². The minimum Gasteiger partial charge on any atom is -0.462 e. The molecule has 2 rings (SSSR count). The predicted molar refractivity (Wildman–Crippen MR) is 91.9 cm³/mol. The molecule has 1 N–H and O–H groups in total. The van der Waals surface area contributed by atoms with Gasteiger partial charge < -0.3 is 10.1 Å². The van der Waals surface area contributed by atoms with Crippen LogP contribution in [0.5, 0.6) is 0 Å². The van der Waals surface area contributed by atoms with E-state index in [-0.39, 0.29) is 16.3 Å². The summed E-state index contributed by atoms with van der Waals surface area (Å²) in [6, 6.07) is 8.10. The Hall–Kier alpha value is -1.92. The Morgan fingerprint density at radius 1 is 1.30 bits per heavy atom. The Labute approximate surface area is 147 Å². The van der Waals surface area contributed by atoms with Gasteiger partial charge in [0.05, 0.1) is 23.4 Å². The summed E-state index contributed by atoms with van der Waals surface area (Å²) in [4.78, 5) is 28.3. The first kappa shape index (κ1) is 17.4. The summed E-state index contributed by atoms with van der Waals surface area (Å²) >= 11 is 9.21. The average Bonchev–Trinajstić information content (AvgIpc) is 2.54. The lowest BCUT2D eigenvalue weighted by Crippen LogP contribution is -2.16. The first-order chi connectivity index (χ1) is 11.0. The first-order valence-corrected chi connectivity index (χ1v) is 8.08. The van der Waals surface area contributed by atoms with E-state index < -0.39 is 11.9 Å². The lowest BCUT2D eigenvalue weighted by atomic mass is 10.1. The molecular weight excluding hydrogens is 384 g/mol. The topological polar surface area (TPSA) is 68.3 Å². The zero-order chi connectivity index (χ0) is 16.8. The van der Waals surface area contributed by atoms with Crippen molar-refractivity contribution in [3.63, 3.8) is 0 Å². The number of ether oxygens (including phenoxy) is 1. The summed E-state index contributed by atoms with van der Waals surface area (Å²) in [6.45, 7) is 2.22. The number of rotatable bonds is 5. The van der Waals surface area contributed by atoms with Crippen LogP contribution in [0.15, 0.2) is 41.0 Å². The van der Waals surface area contributed by atoms with Gasteiger partial charge in [-0.25, -0.2) is 9.78 Å². The molecule has 23 heavy (non-hydrogen) atoms. The third-order valence-electron chi connectivity index (χ3n) is 2.89. The quantitative estimate of drug-likeness (QED) is 0.603. The van der Waals surface area contributed by atoms with Crippen molar-refractivity contribution in [2.45, 2.75) is 13.3 Å². The molecule has 5 nitrogen and oxygen atoms in total. The fourth-order valence-corrected chi connectivity index (χ4v) is 2.38. The molecule has 120 valence electrons. The van der Waals surface area contributed by atoms with Crippen LogP contribution in [0, 0.1) is 0 Å². The molecule has 0 fully saturated rings. The number of hydrogen-bond acceptors (Lipinski definition) is 4. The van der Waals surface area contributed by atoms with Gasteiger partial charge in [-0.05, 0) is 36.8 Å². The van der Waals surface area contributed by atoms with Crippen LogP contribution < -0.4 is 5.32 Å². The molecule has 0 radical (unpaired) electrons. The lowest BCUT2D eigenvalue weighted by Gasteiger charge is -2.11. The van der Waals surface area contributed by atoms with E-state index in [1.807, 2.05) is 6.92 Å². The molecule has 7 heteroatoms. The molecule has 0 aliphatic heterocycles. The Kier molecular flexibility index (Phi) is 6.12. The van der Waals surface area contributed by atoms with Crippen LogP contribution in [0.1, 0.15) is 34.1 Å². The van der Waals surface area contributed by atoms with Crippen LogP contribution in [0.25, 0.3) is 0 Å². The molecule has 1 amide bonds. The second kappa shape index (κ2) is 8.08. The zero-order valence-corrected chi connectivity index (χ0v) is 14.6. The standard InChI is InChI=1S/C16H14BrClN2O3/c1-2-8-23-16(22)12-9-10(17)5-6-13(12)20-15(21)11-4-3-7-19-14(11)18/h3-7,9H,2,8H2,1H3,(H,20,21). The van der Waals surface area contributed by atoms with Crippen LogP contribution in [0.2, 0.25) is 5.15 Å². The maximum atomic E-state index is 12.3. The van der Waals surface area contributed by atoms with E-state index in [2.05, 4.69) is 26.2 Å². The SMILES string of the molecule is CCCOC(=O)c1cc(Br)ccc1NC(=O)c1cccnc1Cl. The molecule has 2 aromatic rings. The maximum Gasteiger partial charge on any atom is 0.340 e. The van der Waals surface area contributed by atoms with Crippen molar-refractivity contribution < 1.29 is 14.3 Å². The van der Waals surface area contributed by atoms with E-state index >= 15 is 0 Å². The molecule has 0 aliphatic carbocycles. The summed E-state index contributed by atoms with van der Waals surface area (Å²) in [6.07, 6.45) is 2.21. The Morgan fingerprint density at radius 2 is 2.09 bits per heavy atom. The Bertz CT molecular complexity index is 737. The number of carbonyl (C=O) groups excluding carboxylic acids is 2. The van der Waals surface area contributed by atoms with Gasteiger partial charge in [-0.1, -0.05) is 34.5 Å². The molecule has 1 aromatic heterocycles. The van der Waals surface area contributed by atoms with Gasteiger partial charge in [-0.3, -0.25) is 4.79 Å². The number of aromatic nitrogens is 1. The van der Waals surface area contributed by atoms with Crippen molar-refractivity contribution in [3.8, 4) is 0 Å². The third kappa shape index (κ3) is 4.53. The highest BCUT2D eigenvalue weighted by molar-refractivity contribution is 9.10. The van der Waals surface area contributed by atoms with Crippen molar-refractivity contribution in [2.75, 3.05) is 11.9 Å². The number of carbonyl (C=O) groups is 2. The zero-order valence-electron chi connectivity index (χ0n) is 12.3. The molecule has 0 spiro atoms. The van der Waals surface area contributed by atoms with E-state index in [4.69, 9.17) is 16.3 Å². The number of amides is 1. The summed E-state index contributed by atoms with van der Waals surface area (Å²) in [5.41, 5.74) is 0.838. The molecule has 0 saturated heterocycles. The highest BCUT2D eigenvalue weighted by atomic mass is 79.9. The number of halogens is 2. The normalized spacial score (nSPS) is 10.2. The van der Waals surface area contributed by atoms with Crippen LogP contribution in [-0.4, -0.2) is 23.5 Å². The second-order valence-electron chi connectivity index (χ2n) is 4.62. The molecule has 1 heterocycles. The molecule has 0 bridgehead atoms. The lowest BCUT2D eigenvalue weighted by molar-refractivity contribution is 0.0506. The number of pyridine rings is 1. The van der Waals surface area contributed by atoms with E-state index in [0.717, 1.165) is 0 Å². The highest BCUT2D eigenvalue weighted by Crippen LogP contribution is 2.23. The smallest absolute Gasteiger partial charge is 0.340 e. The summed E-state index contributed by atoms with van der Waals surface area (Å²) in [7, 11) is 0. The molecule has 0 aliphatic rings. The van der Waals surface area contributed by atoms with Gasteiger partial charge in [0.1, 0.15) is 5.15 Å². The second-order valence-corrected chi connectivity index (χ2v) is 5.90. The summed E-state index contributed by atoms with van der Waals surface area (Å²) < 4.78 is 5.84. The number of hydrogen-bond donors (Lipinski definition) is 1. The van der Waals surface area contributed by atoms with Crippen LogP contribution in [0.3, 0.4) is 0 Å². The number of anilines is 1. The number of benzene rings is 1. The number of esters is 1. The van der Waals surface area contributed by atoms with Gasteiger partial charge in [0.25, 0.3) is 5.91 Å². The highest BCUT2D eigenvalue weighted by Gasteiger charge is 2.17. The minimum absolute atomic E-state index is 0.0946. The Balaban J connectivity index is 2.27. The van der Waals surface area contributed by atoms with Crippen molar-refractivity contribution in [2.24, 2.45) is 0 Å². The molecule has 1 aromatic carbocycles. The van der Waals surface area contributed by atoms with Gasteiger partial charge in [0.2, 0.25) is 0 Å². The fourth-order valence-electron chi connectivity index (χ4n) is 1.81. The first-order valence-electron chi connectivity index (χ1n) is 6.91. The van der Waals surface area contributed by atoms with Crippen molar-refractivity contribution in [1.29, 1.82) is 0 Å². The van der Waals surface area contributed by atoms with Gasteiger partial charge in [0.15, 0.2) is 0 Å². The number of nitrogens with zero attached hydrogens (tertiary/aromatic N) is 1. The molecular formula is C16H14BrClN2O3. The van der Waals surface area contributed by atoms with Gasteiger partial charge in [0, 0.05) is 10.7 Å². The molecule has 0 saturated carbocycles. The van der Waals surface area contributed by atoms with Crippen LogP contribution >= 0.6 is 27.5 Å². The summed E-state index contributed by atoms with van der Waals surface area (Å²) in [5, 5.41) is 2.76. The van der Waals surface area contributed by atoms with Gasteiger partial charge in [-0.2, -0.15) is 0 Å². The number of nitrogens with one attached hydrogen (secondary N) is 1. The van der Waals surface area contributed by atoms with E-state index in [9.17, 15) is 9.59 Å². The molecule has 0 unspecified atom stereocenters.